The van der Waals surface area contributed by atoms with Crippen LogP contribution in [0.25, 0.3) is 32.7 Å². The van der Waals surface area contributed by atoms with E-state index in [1.165, 1.54) is 17.6 Å². The van der Waals surface area contributed by atoms with Crippen molar-refractivity contribution < 1.29 is 23.8 Å². The van der Waals surface area contributed by atoms with E-state index in [9.17, 15) is 14.7 Å². The Balaban J connectivity index is 1.61. The van der Waals surface area contributed by atoms with E-state index in [2.05, 4.69) is 4.98 Å². The molecule has 5 aromatic rings. The second-order valence-electron chi connectivity index (χ2n) is 6.96. The average molecular weight is 441 g/mol. The van der Waals surface area contributed by atoms with Crippen molar-refractivity contribution in [3.8, 4) is 34.2 Å². The van der Waals surface area contributed by atoms with Crippen molar-refractivity contribution in [2.45, 2.75) is 0 Å². The van der Waals surface area contributed by atoms with Crippen molar-refractivity contribution in [3.05, 3.63) is 89.5 Å². The van der Waals surface area contributed by atoms with Crippen LogP contribution in [-0.4, -0.2) is 22.3 Å². The van der Waals surface area contributed by atoms with Gasteiger partial charge in [0.2, 0.25) is 11.7 Å². The molecule has 0 atom stereocenters. The minimum atomic E-state index is -0.0753. The highest BCUT2D eigenvalue weighted by atomic mass is 32.1. The number of aromatic hydroxyl groups is 1. The largest absolute Gasteiger partial charge is 0.508 e. The molecule has 2 heterocycles. The van der Waals surface area contributed by atoms with Gasteiger partial charge in [-0.15, -0.1) is 11.3 Å². The number of phenols is 1. The first kappa shape index (κ1) is 19.7. The fourth-order valence-corrected chi connectivity index (χ4v) is 4.75. The number of hydrogen-bond acceptors (Lipinski definition) is 7. The zero-order valence-electron chi connectivity index (χ0n) is 16.5. The van der Waals surface area contributed by atoms with E-state index in [1.807, 2.05) is 48.5 Å². The summed E-state index contributed by atoms with van der Waals surface area (Å²) in [6, 6.07) is 21.6. The Morgan fingerprint density at radius 2 is 1.75 bits per heavy atom. The summed E-state index contributed by atoms with van der Waals surface area (Å²) in [5, 5.41) is 10.8. The fourth-order valence-electron chi connectivity index (χ4n) is 3.53. The molecule has 2 aromatic heterocycles. The maximum absolute atomic E-state index is 13.3. The van der Waals surface area contributed by atoms with Crippen LogP contribution in [0.3, 0.4) is 0 Å². The number of ether oxygens (including phenoxy) is 1. The number of carbonyl (C=O) groups is 2. The zero-order valence-corrected chi connectivity index (χ0v) is 17.3. The number of thiophene rings is 1. The molecule has 1 N–H and O–H groups in total. The number of rotatable bonds is 6. The lowest BCUT2D eigenvalue weighted by Crippen LogP contribution is -2.00. The normalized spacial score (nSPS) is 10.9. The van der Waals surface area contributed by atoms with E-state index < -0.39 is 0 Å². The van der Waals surface area contributed by atoms with Crippen LogP contribution < -0.4 is 4.74 Å². The highest BCUT2D eigenvalue weighted by molar-refractivity contribution is 7.21. The van der Waals surface area contributed by atoms with Crippen molar-refractivity contribution in [2.75, 3.05) is 0 Å². The number of aromatic nitrogens is 1. The first-order valence-corrected chi connectivity index (χ1v) is 10.5. The standard InChI is InChI=1S/C25H15NO5S/c27-14-31-21-13-30-25(26-21)17-8-6-15(7-9-17)22-19-11-10-18(28)12-20(19)32-24(22)23(29)16-4-2-1-3-5-16/h1-14,28H. The molecule has 0 radical (unpaired) electrons. The summed E-state index contributed by atoms with van der Waals surface area (Å²) in [6.07, 6.45) is 1.26. The second-order valence-corrected chi connectivity index (χ2v) is 8.02. The van der Waals surface area contributed by atoms with Gasteiger partial charge in [0.15, 0.2) is 6.26 Å². The van der Waals surface area contributed by atoms with Crippen LogP contribution in [0, 0.1) is 0 Å². The molecule has 0 aliphatic rings. The molecule has 0 aliphatic carbocycles. The predicted octanol–water partition coefficient (Wildman–Crippen LogP) is 5.70. The summed E-state index contributed by atoms with van der Waals surface area (Å²) < 4.78 is 10.9. The molecule has 3 aromatic carbocycles. The first-order chi connectivity index (χ1) is 15.6. The number of hydrogen-bond donors (Lipinski definition) is 1. The minimum absolute atomic E-state index is 0.0753. The van der Waals surface area contributed by atoms with Gasteiger partial charge in [-0.3, -0.25) is 9.59 Å². The Kier molecular flexibility index (Phi) is 5.01. The lowest BCUT2D eigenvalue weighted by molar-refractivity contribution is -0.120. The number of fused-ring (bicyclic) bond motifs is 1. The van der Waals surface area contributed by atoms with Crippen molar-refractivity contribution in [1.29, 1.82) is 0 Å². The summed E-state index contributed by atoms with van der Waals surface area (Å²) in [7, 11) is 0. The second kappa shape index (κ2) is 8.13. The Bertz CT molecular complexity index is 1430. The highest BCUT2D eigenvalue weighted by Gasteiger charge is 2.21. The van der Waals surface area contributed by atoms with Gasteiger partial charge in [-0.05, 0) is 35.9 Å². The van der Waals surface area contributed by atoms with Gasteiger partial charge in [-0.1, -0.05) is 42.5 Å². The molecule has 0 aliphatic heterocycles. The fraction of sp³-hybridized carbons (Fsp3) is 0. The van der Waals surface area contributed by atoms with Gasteiger partial charge in [0.25, 0.3) is 12.4 Å². The van der Waals surface area contributed by atoms with Crippen LogP contribution in [0.5, 0.6) is 11.6 Å². The maximum Gasteiger partial charge on any atom is 0.299 e. The molecule has 0 saturated carbocycles. The van der Waals surface area contributed by atoms with E-state index in [0.717, 1.165) is 21.2 Å². The number of phenolic OH excluding ortho intramolecular Hbond substituents is 1. The van der Waals surface area contributed by atoms with Crippen LogP contribution >= 0.6 is 11.3 Å². The first-order valence-electron chi connectivity index (χ1n) is 9.66. The van der Waals surface area contributed by atoms with E-state index in [1.54, 1.807) is 24.3 Å². The molecule has 0 amide bonds. The number of benzene rings is 3. The third-order valence-electron chi connectivity index (χ3n) is 4.99. The van der Waals surface area contributed by atoms with Crippen LogP contribution in [0.4, 0.5) is 0 Å². The van der Waals surface area contributed by atoms with Gasteiger partial charge in [-0.25, -0.2) is 0 Å². The van der Waals surface area contributed by atoms with Crippen molar-refractivity contribution in [3.63, 3.8) is 0 Å². The smallest absolute Gasteiger partial charge is 0.299 e. The van der Waals surface area contributed by atoms with Gasteiger partial charge >= 0.3 is 0 Å². The molecule has 32 heavy (non-hydrogen) atoms. The Labute approximate surface area is 186 Å². The number of carbonyl (C=O) groups excluding carboxylic acids is 2. The highest BCUT2D eigenvalue weighted by Crippen LogP contribution is 2.41. The van der Waals surface area contributed by atoms with Crippen molar-refractivity contribution in [2.24, 2.45) is 0 Å². The topological polar surface area (TPSA) is 89.6 Å². The van der Waals surface area contributed by atoms with E-state index in [0.29, 0.717) is 21.9 Å². The van der Waals surface area contributed by atoms with Gasteiger partial charge in [0, 0.05) is 26.8 Å². The maximum atomic E-state index is 13.3. The molecule has 0 fully saturated rings. The van der Waals surface area contributed by atoms with Crippen LogP contribution in [0.1, 0.15) is 15.2 Å². The van der Waals surface area contributed by atoms with E-state index in [4.69, 9.17) is 9.15 Å². The summed E-state index contributed by atoms with van der Waals surface area (Å²) in [5.74, 6) is 0.470. The van der Waals surface area contributed by atoms with Crippen LogP contribution in [0.2, 0.25) is 0 Å². The van der Waals surface area contributed by atoms with Gasteiger partial charge in [-0.2, -0.15) is 4.98 Å². The van der Waals surface area contributed by atoms with Gasteiger partial charge < -0.3 is 14.3 Å². The molecule has 0 saturated heterocycles. The minimum Gasteiger partial charge on any atom is -0.508 e. The average Bonchev–Trinajstić information content (AvgIpc) is 3.44. The SMILES string of the molecule is O=COc1coc(-c2ccc(-c3c(C(=O)c4ccccc4)sc4cc(O)ccc34)cc2)n1. The van der Waals surface area contributed by atoms with E-state index >= 15 is 0 Å². The molecular formula is C25H15NO5S. The monoisotopic (exact) mass is 441 g/mol. The summed E-state index contributed by atoms with van der Waals surface area (Å²) in [6.45, 7) is 0.287. The van der Waals surface area contributed by atoms with E-state index in [-0.39, 0.29) is 23.9 Å². The summed E-state index contributed by atoms with van der Waals surface area (Å²) in [5.41, 5.74) is 2.95. The zero-order chi connectivity index (χ0) is 22.1. The van der Waals surface area contributed by atoms with Gasteiger partial charge in [0.05, 0.1) is 4.88 Å². The molecule has 0 unspecified atom stereocenters. The number of oxazole rings is 1. The van der Waals surface area contributed by atoms with Crippen molar-refractivity contribution in [1.82, 2.24) is 4.98 Å². The predicted molar refractivity (Wildman–Crippen MR) is 121 cm³/mol. The third-order valence-corrected chi connectivity index (χ3v) is 6.14. The third kappa shape index (κ3) is 3.55. The molecule has 0 spiro atoms. The molecular weight excluding hydrogens is 426 g/mol. The molecule has 0 bridgehead atoms. The summed E-state index contributed by atoms with van der Waals surface area (Å²) >= 11 is 1.36. The van der Waals surface area contributed by atoms with Crippen molar-refractivity contribution >= 4 is 33.7 Å². The van der Waals surface area contributed by atoms with Gasteiger partial charge in [0.1, 0.15) is 5.75 Å². The summed E-state index contributed by atoms with van der Waals surface area (Å²) in [4.78, 5) is 28.5. The lowest BCUT2D eigenvalue weighted by Gasteiger charge is -2.06. The Hall–Kier alpha value is -4.23. The molecule has 156 valence electrons. The number of ketones is 1. The molecule has 7 heteroatoms. The lowest BCUT2D eigenvalue weighted by atomic mass is 9.97. The molecule has 6 nitrogen and oxygen atoms in total. The quantitative estimate of drug-likeness (QED) is 0.269. The number of nitrogens with zero attached hydrogens (tertiary/aromatic N) is 1. The Morgan fingerprint density at radius 1 is 1.00 bits per heavy atom. The molecule has 5 rings (SSSR count). The van der Waals surface area contributed by atoms with Crippen LogP contribution in [0.15, 0.2) is 83.5 Å². The Morgan fingerprint density at radius 3 is 2.50 bits per heavy atom. The van der Waals surface area contributed by atoms with Crippen LogP contribution in [-0.2, 0) is 4.79 Å².